The summed E-state index contributed by atoms with van der Waals surface area (Å²) in [6.07, 6.45) is 1.69. The highest BCUT2D eigenvalue weighted by molar-refractivity contribution is 9.10. The molecule has 84 valence electrons. The minimum atomic E-state index is -0.0814. The molecule has 1 heterocycles. The van der Waals surface area contributed by atoms with Crippen molar-refractivity contribution in [3.63, 3.8) is 0 Å². The summed E-state index contributed by atoms with van der Waals surface area (Å²) in [5, 5.41) is 5.60. The highest BCUT2D eigenvalue weighted by Crippen LogP contribution is 2.15. The second kappa shape index (κ2) is 4.76. The van der Waals surface area contributed by atoms with Gasteiger partial charge in [0.05, 0.1) is 24.7 Å². The van der Waals surface area contributed by atoms with Crippen molar-refractivity contribution in [2.45, 2.75) is 6.54 Å². The Morgan fingerprint density at radius 2 is 2.31 bits per heavy atom. The van der Waals surface area contributed by atoms with Crippen molar-refractivity contribution in [1.29, 1.82) is 0 Å². The lowest BCUT2D eigenvalue weighted by atomic mass is 10.2. The quantitative estimate of drug-likeness (QED) is 0.862. The summed E-state index contributed by atoms with van der Waals surface area (Å²) in [7, 11) is 1.60. The zero-order valence-electron chi connectivity index (χ0n) is 8.81. The third-order valence-electron chi connectivity index (χ3n) is 2.32. The molecule has 0 aliphatic carbocycles. The summed E-state index contributed by atoms with van der Waals surface area (Å²) in [5.41, 5.74) is -0.0814. The number of ether oxygens (including phenoxy) is 1. The van der Waals surface area contributed by atoms with Gasteiger partial charge >= 0.3 is 0 Å². The molecule has 0 saturated carbocycles. The molecule has 1 aromatic carbocycles. The molecule has 0 spiro atoms. The Hall–Kier alpha value is -1.20. The first-order valence-electron chi connectivity index (χ1n) is 4.86. The predicted octanol–water partition coefficient (Wildman–Crippen LogP) is 1.81. The van der Waals surface area contributed by atoms with E-state index in [2.05, 4.69) is 21.0 Å². The van der Waals surface area contributed by atoms with Crippen LogP contribution >= 0.6 is 15.9 Å². The van der Waals surface area contributed by atoms with Crippen LogP contribution < -0.4 is 5.56 Å². The summed E-state index contributed by atoms with van der Waals surface area (Å²) in [4.78, 5) is 12.0. The fourth-order valence-corrected chi connectivity index (χ4v) is 1.87. The lowest BCUT2D eigenvalue weighted by Gasteiger charge is -2.05. The van der Waals surface area contributed by atoms with Crippen LogP contribution in [0, 0.1) is 0 Å². The molecular weight excluding hydrogens is 272 g/mol. The maximum atomic E-state index is 12.0. The van der Waals surface area contributed by atoms with Gasteiger partial charge in [-0.2, -0.15) is 5.10 Å². The summed E-state index contributed by atoms with van der Waals surface area (Å²) in [5.74, 6) is 0. The first-order valence-corrected chi connectivity index (χ1v) is 5.66. The Morgan fingerprint density at radius 1 is 1.50 bits per heavy atom. The van der Waals surface area contributed by atoms with Gasteiger partial charge in [0.2, 0.25) is 0 Å². The third-order valence-corrected chi connectivity index (χ3v) is 2.82. The van der Waals surface area contributed by atoms with Crippen molar-refractivity contribution in [2.24, 2.45) is 0 Å². The number of halogens is 1. The third kappa shape index (κ3) is 2.15. The van der Waals surface area contributed by atoms with E-state index < -0.39 is 0 Å². The molecule has 0 bridgehead atoms. The molecule has 0 aliphatic heterocycles. The van der Waals surface area contributed by atoms with Crippen LogP contribution in [0.25, 0.3) is 10.8 Å². The highest BCUT2D eigenvalue weighted by atomic mass is 79.9. The molecule has 2 aromatic rings. The minimum Gasteiger partial charge on any atom is -0.383 e. The van der Waals surface area contributed by atoms with Gasteiger partial charge in [-0.1, -0.05) is 15.9 Å². The van der Waals surface area contributed by atoms with Gasteiger partial charge in [0.25, 0.3) is 5.56 Å². The van der Waals surface area contributed by atoms with Crippen LogP contribution in [-0.4, -0.2) is 23.5 Å². The van der Waals surface area contributed by atoms with Crippen molar-refractivity contribution in [1.82, 2.24) is 9.78 Å². The van der Waals surface area contributed by atoms with Crippen molar-refractivity contribution in [3.8, 4) is 0 Å². The van der Waals surface area contributed by atoms with Gasteiger partial charge in [0.1, 0.15) is 0 Å². The summed E-state index contributed by atoms with van der Waals surface area (Å²) in [6.45, 7) is 0.955. The summed E-state index contributed by atoms with van der Waals surface area (Å²) >= 11 is 3.36. The fraction of sp³-hybridized carbons (Fsp3) is 0.273. The smallest absolute Gasteiger partial charge is 0.274 e. The Bertz CT molecular complexity index is 565. The topological polar surface area (TPSA) is 44.1 Å². The largest absolute Gasteiger partial charge is 0.383 e. The summed E-state index contributed by atoms with van der Waals surface area (Å²) in [6, 6.07) is 5.53. The SMILES string of the molecule is COCCn1ncc2cc(Br)ccc2c1=O. The first-order chi connectivity index (χ1) is 7.72. The van der Waals surface area contributed by atoms with E-state index in [4.69, 9.17) is 4.74 Å². The van der Waals surface area contributed by atoms with E-state index in [-0.39, 0.29) is 5.56 Å². The normalized spacial score (nSPS) is 10.9. The standard InChI is InChI=1S/C11H11BrN2O2/c1-16-5-4-14-11(15)10-3-2-9(12)6-8(10)7-13-14/h2-3,6-7H,4-5H2,1H3. The van der Waals surface area contributed by atoms with Crippen molar-refractivity contribution in [3.05, 3.63) is 39.2 Å². The average Bonchev–Trinajstić information content (AvgIpc) is 2.28. The monoisotopic (exact) mass is 282 g/mol. The molecule has 0 radical (unpaired) electrons. The molecule has 0 amide bonds. The Kier molecular flexibility index (Phi) is 3.36. The predicted molar refractivity (Wildman–Crippen MR) is 65.6 cm³/mol. The van der Waals surface area contributed by atoms with Gasteiger partial charge in [-0.05, 0) is 18.2 Å². The molecule has 1 aromatic heterocycles. The van der Waals surface area contributed by atoms with Crippen LogP contribution in [0.4, 0.5) is 0 Å². The Balaban J connectivity index is 2.53. The molecule has 0 aliphatic rings. The Morgan fingerprint density at radius 3 is 3.06 bits per heavy atom. The number of fused-ring (bicyclic) bond motifs is 1. The zero-order valence-corrected chi connectivity index (χ0v) is 10.4. The average molecular weight is 283 g/mol. The molecule has 4 nitrogen and oxygen atoms in total. The number of methoxy groups -OCH3 is 1. The second-order valence-electron chi connectivity index (χ2n) is 3.40. The second-order valence-corrected chi connectivity index (χ2v) is 4.31. The van der Waals surface area contributed by atoms with Crippen LogP contribution in [0.3, 0.4) is 0 Å². The van der Waals surface area contributed by atoms with Crippen LogP contribution in [0.2, 0.25) is 0 Å². The van der Waals surface area contributed by atoms with E-state index in [0.717, 1.165) is 9.86 Å². The minimum absolute atomic E-state index is 0.0814. The van der Waals surface area contributed by atoms with Gasteiger partial charge < -0.3 is 4.74 Å². The number of hydrogen-bond acceptors (Lipinski definition) is 3. The molecule has 0 atom stereocenters. The highest BCUT2D eigenvalue weighted by Gasteiger charge is 2.03. The maximum Gasteiger partial charge on any atom is 0.274 e. The van der Waals surface area contributed by atoms with Crippen LogP contribution in [0.15, 0.2) is 33.7 Å². The fourth-order valence-electron chi connectivity index (χ4n) is 1.50. The molecule has 0 fully saturated rings. The molecule has 0 N–H and O–H groups in total. The molecule has 2 rings (SSSR count). The van der Waals surface area contributed by atoms with Gasteiger partial charge in [-0.15, -0.1) is 0 Å². The van der Waals surface area contributed by atoms with E-state index in [1.54, 1.807) is 19.4 Å². The molecule has 5 heteroatoms. The number of aromatic nitrogens is 2. The maximum absolute atomic E-state index is 12.0. The van der Waals surface area contributed by atoms with Gasteiger partial charge in [0, 0.05) is 17.0 Å². The number of nitrogens with zero attached hydrogens (tertiary/aromatic N) is 2. The lowest BCUT2D eigenvalue weighted by molar-refractivity contribution is 0.182. The van der Waals surface area contributed by atoms with Gasteiger partial charge in [-0.3, -0.25) is 4.79 Å². The number of rotatable bonds is 3. The van der Waals surface area contributed by atoms with Gasteiger partial charge in [0.15, 0.2) is 0 Å². The molecule has 0 saturated heterocycles. The van der Waals surface area contributed by atoms with Crippen molar-refractivity contribution >= 4 is 26.7 Å². The first kappa shape index (κ1) is 11.3. The summed E-state index contributed by atoms with van der Waals surface area (Å²) < 4.78 is 7.28. The van der Waals surface area contributed by atoms with Crippen LogP contribution in [0.5, 0.6) is 0 Å². The van der Waals surface area contributed by atoms with E-state index in [1.165, 1.54) is 4.68 Å². The van der Waals surface area contributed by atoms with E-state index in [1.807, 2.05) is 12.1 Å². The van der Waals surface area contributed by atoms with E-state index >= 15 is 0 Å². The molecule has 16 heavy (non-hydrogen) atoms. The van der Waals surface area contributed by atoms with Crippen molar-refractivity contribution in [2.75, 3.05) is 13.7 Å². The Labute approximate surface area is 101 Å². The number of hydrogen-bond donors (Lipinski definition) is 0. The van der Waals surface area contributed by atoms with Gasteiger partial charge in [-0.25, -0.2) is 4.68 Å². The van der Waals surface area contributed by atoms with Crippen LogP contribution in [-0.2, 0) is 11.3 Å². The number of benzene rings is 1. The molecule has 0 unspecified atom stereocenters. The zero-order chi connectivity index (χ0) is 11.5. The molecular formula is C11H11BrN2O2. The van der Waals surface area contributed by atoms with Crippen molar-refractivity contribution < 1.29 is 4.74 Å². The lowest BCUT2D eigenvalue weighted by Crippen LogP contribution is -2.24. The van der Waals surface area contributed by atoms with E-state index in [0.29, 0.717) is 18.5 Å². The van der Waals surface area contributed by atoms with E-state index in [9.17, 15) is 4.79 Å². The van der Waals surface area contributed by atoms with Crippen LogP contribution in [0.1, 0.15) is 0 Å².